The lowest BCUT2D eigenvalue weighted by molar-refractivity contribution is 0.103. The van der Waals surface area contributed by atoms with Gasteiger partial charge in [0.15, 0.2) is 5.78 Å². The molecule has 0 aliphatic rings. The van der Waals surface area contributed by atoms with Crippen molar-refractivity contribution in [2.75, 3.05) is 5.73 Å². The highest BCUT2D eigenvalue weighted by Gasteiger charge is 2.16. The van der Waals surface area contributed by atoms with Gasteiger partial charge in [0.05, 0.1) is 5.56 Å². The predicted octanol–water partition coefficient (Wildman–Crippen LogP) is 3.09. The maximum Gasteiger partial charge on any atom is 0.196 e. The molecular formula is C14H11F2NO. The van der Waals surface area contributed by atoms with E-state index in [2.05, 4.69) is 0 Å². The average Bonchev–Trinajstić information content (AvgIpc) is 2.33. The van der Waals surface area contributed by atoms with E-state index in [1.807, 2.05) is 0 Å². The smallest absolute Gasteiger partial charge is 0.196 e. The monoisotopic (exact) mass is 247 g/mol. The molecule has 0 spiro atoms. The van der Waals surface area contributed by atoms with Crippen LogP contribution in [-0.4, -0.2) is 5.78 Å². The van der Waals surface area contributed by atoms with Crippen LogP contribution in [0.5, 0.6) is 0 Å². The molecule has 0 heterocycles. The molecule has 0 aliphatic carbocycles. The Morgan fingerprint density at radius 1 is 1.11 bits per heavy atom. The Bertz CT molecular complexity index is 623. The molecule has 0 saturated heterocycles. The Morgan fingerprint density at radius 2 is 1.83 bits per heavy atom. The lowest BCUT2D eigenvalue weighted by atomic mass is 10.0. The van der Waals surface area contributed by atoms with Crippen molar-refractivity contribution in [3.63, 3.8) is 0 Å². The van der Waals surface area contributed by atoms with Crippen molar-refractivity contribution in [3.05, 3.63) is 64.7 Å². The third-order valence-electron chi connectivity index (χ3n) is 2.64. The highest BCUT2D eigenvalue weighted by molar-refractivity contribution is 6.09. The maximum atomic E-state index is 13.6. The summed E-state index contributed by atoms with van der Waals surface area (Å²) in [7, 11) is 0. The van der Waals surface area contributed by atoms with Gasteiger partial charge < -0.3 is 5.73 Å². The lowest BCUT2D eigenvalue weighted by Gasteiger charge is -2.05. The summed E-state index contributed by atoms with van der Waals surface area (Å²) in [5, 5.41) is 0. The molecule has 2 aromatic carbocycles. The van der Waals surface area contributed by atoms with Gasteiger partial charge in [-0.3, -0.25) is 4.79 Å². The number of nitrogen functional groups attached to an aromatic ring is 1. The van der Waals surface area contributed by atoms with Crippen molar-refractivity contribution in [3.8, 4) is 0 Å². The summed E-state index contributed by atoms with van der Waals surface area (Å²) in [6.45, 7) is 1.48. The minimum atomic E-state index is -0.870. The van der Waals surface area contributed by atoms with Gasteiger partial charge in [0.25, 0.3) is 0 Å². The van der Waals surface area contributed by atoms with Crippen LogP contribution in [0.2, 0.25) is 0 Å². The van der Waals surface area contributed by atoms with Gasteiger partial charge in [0.1, 0.15) is 11.6 Å². The van der Waals surface area contributed by atoms with Crippen LogP contribution < -0.4 is 5.73 Å². The van der Waals surface area contributed by atoms with Gasteiger partial charge in [0, 0.05) is 17.3 Å². The van der Waals surface area contributed by atoms with Crippen molar-refractivity contribution in [2.45, 2.75) is 6.92 Å². The fourth-order valence-corrected chi connectivity index (χ4v) is 1.67. The van der Waals surface area contributed by atoms with Crippen LogP contribution in [0.25, 0.3) is 0 Å². The minimum Gasteiger partial charge on any atom is -0.399 e. The van der Waals surface area contributed by atoms with E-state index in [0.717, 1.165) is 6.07 Å². The second-order valence-corrected chi connectivity index (χ2v) is 4.04. The van der Waals surface area contributed by atoms with Gasteiger partial charge >= 0.3 is 0 Å². The Kier molecular flexibility index (Phi) is 3.10. The molecule has 2 aromatic rings. The first-order valence-electron chi connectivity index (χ1n) is 5.35. The zero-order valence-electron chi connectivity index (χ0n) is 9.71. The van der Waals surface area contributed by atoms with Gasteiger partial charge in [-0.15, -0.1) is 0 Å². The van der Waals surface area contributed by atoms with Crippen LogP contribution in [0.1, 0.15) is 21.5 Å². The van der Waals surface area contributed by atoms with Crippen LogP contribution >= 0.6 is 0 Å². The largest absolute Gasteiger partial charge is 0.399 e. The second-order valence-electron chi connectivity index (χ2n) is 4.04. The predicted molar refractivity (Wildman–Crippen MR) is 65.4 cm³/mol. The van der Waals surface area contributed by atoms with Crippen molar-refractivity contribution in [1.29, 1.82) is 0 Å². The third kappa shape index (κ3) is 2.22. The Hall–Kier alpha value is -2.23. The Labute approximate surface area is 103 Å². The molecule has 0 atom stereocenters. The molecule has 0 bridgehead atoms. The molecule has 4 heteroatoms. The number of benzene rings is 2. The number of nitrogens with two attached hydrogens (primary N) is 1. The van der Waals surface area contributed by atoms with E-state index in [1.165, 1.54) is 25.1 Å². The molecule has 0 fully saturated rings. The number of carbonyl (C=O) groups is 1. The maximum absolute atomic E-state index is 13.6. The van der Waals surface area contributed by atoms with E-state index in [9.17, 15) is 13.6 Å². The molecule has 0 aromatic heterocycles. The summed E-state index contributed by atoms with van der Waals surface area (Å²) >= 11 is 0. The summed E-state index contributed by atoms with van der Waals surface area (Å²) in [5.74, 6) is -2.05. The zero-order chi connectivity index (χ0) is 13.3. The molecule has 2 N–H and O–H groups in total. The molecule has 2 nitrogen and oxygen atoms in total. The van der Waals surface area contributed by atoms with E-state index in [-0.39, 0.29) is 16.7 Å². The molecule has 18 heavy (non-hydrogen) atoms. The number of hydrogen-bond acceptors (Lipinski definition) is 2. The number of carbonyl (C=O) groups excluding carboxylic acids is 1. The summed E-state index contributed by atoms with van der Waals surface area (Å²) in [6.07, 6.45) is 0. The van der Waals surface area contributed by atoms with Crippen LogP contribution in [0, 0.1) is 18.6 Å². The van der Waals surface area contributed by atoms with Crippen LogP contribution in [-0.2, 0) is 0 Å². The third-order valence-corrected chi connectivity index (χ3v) is 2.64. The lowest BCUT2D eigenvalue weighted by Crippen LogP contribution is -2.06. The molecule has 0 amide bonds. The number of aryl methyl sites for hydroxylation is 1. The van der Waals surface area contributed by atoms with Crippen LogP contribution in [0.4, 0.5) is 14.5 Å². The second kappa shape index (κ2) is 4.56. The molecular weight excluding hydrogens is 236 g/mol. The topological polar surface area (TPSA) is 43.1 Å². The van der Waals surface area contributed by atoms with E-state index >= 15 is 0 Å². The number of halogens is 2. The highest BCUT2D eigenvalue weighted by atomic mass is 19.1. The normalized spacial score (nSPS) is 10.4. The molecule has 92 valence electrons. The highest BCUT2D eigenvalue weighted by Crippen LogP contribution is 2.19. The van der Waals surface area contributed by atoms with Crippen molar-refractivity contribution in [1.82, 2.24) is 0 Å². The summed E-state index contributed by atoms with van der Waals surface area (Å²) in [4.78, 5) is 12.1. The summed E-state index contributed by atoms with van der Waals surface area (Å²) < 4.78 is 26.7. The van der Waals surface area contributed by atoms with E-state index < -0.39 is 17.4 Å². The van der Waals surface area contributed by atoms with Gasteiger partial charge in [-0.2, -0.15) is 0 Å². The minimum absolute atomic E-state index is 0.153. The fourth-order valence-electron chi connectivity index (χ4n) is 1.67. The van der Waals surface area contributed by atoms with Gasteiger partial charge in [0.2, 0.25) is 0 Å². The van der Waals surface area contributed by atoms with Crippen molar-refractivity contribution >= 4 is 11.5 Å². The SMILES string of the molecule is Cc1cc(C(=O)c2cccc(N)c2)c(F)cc1F. The standard InChI is InChI=1S/C14H11F2NO/c1-8-5-11(13(16)7-12(8)15)14(18)9-3-2-4-10(17)6-9/h2-7H,17H2,1H3. The molecule has 0 saturated carbocycles. The van der Waals surface area contributed by atoms with Crippen molar-refractivity contribution < 1.29 is 13.6 Å². The Balaban J connectivity index is 2.49. The number of hydrogen-bond donors (Lipinski definition) is 1. The van der Waals surface area contributed by atoms with E-state index in [0.29, 0.717) is 5.69 Å². The number of anilines is 1. The zero-order valence-corrected chi connectivity index (χ0v) is 9.71. The van der Waals surface area contributed by atoms with Crippen LogP contribution in [0.3, 0.4) is 0 Å². The van der Waals surface area contributed by atoms with Gasteiger partial charge in [-0.05, 0) is 30.7 Å². The van der Waals surface area contributed by atoms with Gasteiger partial charge in [-0.1, -0.05) is 12.1 Å². The van der Waals surface area contributed by atoms with E-state index in [1.54, 1.807) is 12.1 Å². The molecule has 0 unspecified atom stereocenters. The van der Waals surface area contributed by atoms with Crippen molar-refractivity contribution in [2.24, 2.45) is 0 Å². The summed E-state index contributed by atoms with van der Waals surface area (Å²) in [5.41, 5.74) is 6.33. The number of ketones is 1. The first-order valence-corrected chi connectivity index (χ1v) is 5.35. The number of rotatable bonds is 2. The summed E-state index contributed by atoms with van der Waals surface area (Å²) in [6, 6.07) is 8.16. The molecule has 0 aliphatic heterocycles. The van der Waals surface area contributed by atoms with E-state index in [4.69, 9.17) is 5.73 Å². The average molecular weight is 247 g/mol. The van der Waals surface area contributed by atoms with Gasteiger partial charge in [-0.25, -0.2) is 8.78 Å². The first-order chi connectivity index (χ1) is 8.49. The Morgan fingerprint density at radius 3 is 2.50 bits per heavy atom. The molecule has 2 rings (SSSR count). The fraction of sp³-hybridized carbons (Fsp3) is 0.0714. The van der Waals surface area contributed by atoms with Crippen LogP contribution in [0.15, 0.2) is 36.4 Å². The molecule has 0 radical (unpaired) electrons. The quantitative estimate of drug-likeness (QED) is 0.654. The first kappa shape index (κ1) is 12.2.